The van der Waals surface area contributed by atoms with Gasteiger partial charge in [-0.2, -0.15) is 0 Å². The molecule has 1 atom stereocenters. The maximum absolute atomic E-state index is 12.9. The van der Waals surface area contributed by atoms with Gasteiger partial charge in [-0.15, -0.1) is 0 Å². The van der Waals surface area contributed by atoms with Gasteiger partial charge >= 0.3 is 0 Å². The van der Waals surface area contributed by atoms with Gasteiger partial charge in [-0.05, 0) is 35.9 Å². The zero-order valence-electron chi connectivity index (χ0n) is 13.8. The van der Waals surface area contributed by atoms with Crippen molar-refractivity contribution in [3.8, 4) is 0 Å². The van der Waals surface area contributed by atoms with E-state index in [1.54, 1.807) is 18.2 Å². The van der Waals surface area contributed by atoms with E-state index >= 15 is 0 Å². The van der Waals surface area contributed by atoms with E-state index in [1.165, 1.54) is 30.3 Å². The summed E-state index contributed by atoms with van der Waals surface area (Å²) in [5.74, 6) is -0.905. The quantitative estimate of drug-likeness (QED) is 0.459. The van der Waals surface area contributed by atoms with Crippen LogP contribution in [0, 0.1) is 10.1 Å². The Balaban J connectivity index is 1.58. The van der Waals surface area contributed by atoms with Gasteiger partial charge in [0.25, 0.3) is 11.6 Å². The molecule has 0 N–H and O–H groups in total. The van der Waals surface area contributed by atoms with Crippen LogP contribution in [0.2, 0.25) is 5.02 Å². The number of rotatable bonds is 3. The number of hydrogen-bond acceptors (Lipinski definition) is 6. The van der Waals surface area contributed by atoms with E-state index in [4.69, 9.17) is 16.4 Å². The van der Waals surface area contributed by atoms with Crippen LogP contribution in [-0.2, 0) is 14.4 Å². The highest BCUT2D eigenvalue weighted by Gasteiger charge is 2.58. The average Bonchev–Trinajstić information content (AvgIpc) is 3.17. The lowest BCUT2D eigenvalue weighted by molar-refractivity contribution is -0.384. The van der Waals surface area contributed by atoms with Crippen molar-refractivity contribution in [3.05, 3.63) is 69.2 Å². The second kappa shape index (κ2) is 6.17. The van der Waals surface area contributed by atoms with Gasteiger partial charge in [-0.3, -0.25) is 19.7 Å². The first-order valence-corrected chi connectivity index (χ1v) is 8.40. The Labute approximate surface area is 158 Å². The molecule has 0 aromatic heterocycles. The van der Waals surface area contributed by atoms with Crippen molar-refractivity contribution in [2.45, 2.75) is 18.4 Å². The van der Waals surface area contributed by atoms with Gasteiger partial charge in [0.15, 0.2) is 0 Å². The van der Waals surface area contributed by atoms with Crippen molar-refractivity contribution < 1.29 is 19.3 Å². The molecule has 1 fully saturated rings. The Kier molecular flexibility index (Phi) is 3.92. The van der Waals surface area contributed by atoms with Crippen LogP contribution >= 0.6 is 11.6 Å². The van der Waals surface area contributed by atoms with Gasteiger partial charge in [0.05, 0.1) is 22.7 Å². The number of benzene rings is 2. The van der Waals surface area contributed by atoms with Gasteiger partial charge in [-0.25, -0.2) is 4.90 Å². The molecular formula is C18H12ClN3O5. The molecule has 2 amide bonds. The standard InChI is InChI=1S/C18H12ClN3O5/c19-12-2-1-3-14(8-12)21-16(23)10-18(17(21)24)9-15(20-27-18)11-4-6-13(7-5-11)22(25)26/h1-8H,9-10H2. The highest BCUT2D eigenvalue weighted by Crippen LogP contribution is 2.39. The second-order valence-corrected chi connectivity index (χ2v) is 6.73. The Hall–Kier alpha value is -3.26. The number of nitrogens with zero attached hydrogens (tertiary/aromatic N) is 3. The Morgan fingerprint density at radius 3 is 2.56 bits per heavy atom. The number of amides is 2. The van der Waals surface area contributed by atoms with Crippen molar-refractivity contribution in [1.29, 1.82) is 0 Å². The Bertz CT molecular complexity index is 1000. The van der Waals surface area contributed by atoms with Crippen molar-refractivity contribution >= 4 is 40.5 Å². The average molecular weight is 386 g/mol. The van der Waals surface area contributed by atoms with E-state index in [2.05, 4.69) is 5.16 Å². The third-order valence-corrected chi connectivity index (χ3v) is 4.78. The SMILES string of the molecule is O=C1CC2(CC(c3ccc([N+](=O)[O-])cc3)=NO2)C(=O)N1c1cccc(Cl)c1. The van der Waals surface area contributed by atoms with E-state index in [9.17, 15) is 19.7 Å². The van der Waals surface area contributed by atoms with Crippen LogP contribution in [0.15, 0.2) is 53.7 Å². The normalized spacial score (nSPS) is 21.5. The molecule has 4 rings (SSSR count). The molecule has 0 aliphatic carbocycles. The first kappa shape index (κ1) is 17.2. The molecule has 8 nitrogen and oxygen atoms in total. The molecule has 9 heteroatoms. The summed E-state index contributed by atoms with van der Waals surface area (Å²) in [4.78, 5) is 42.2. The summed E-state index contributed by atoms with van der Waals surface area (Å²) in [6, 6.07) is 12.2. The number of carbonyl (C=O) groups is 2. The maximum atomic E-state index is 12.9. The maximum Gasteiger partial charge on any atom is 0.281 e. The number of non-ortho nitro benzene ring substituents is 1. The molecule has 2 aromatic rings. The molecule has 2 heterocycles. The fourth-order valence-corrected chi connectivity index (χ4v) is 3.39. The predicted octanol–water partition coefficient (Wildman–Crippen LogP) is 3.07. The lowest BCUT2D eigenvalue weighted by atomic mass is 9.92. The monoisotopic (exact) mass is 385 g/mol. The summed E-state index contributed by atoms with van der Waals surface area (Å²) < 4.78 is 0. The molecule has 2 aromatic carbocycles. The Morgan fingerprint density at radius 2 is 1.89 bits per heavy atom. The minimum Gasteiger partial charge on any atom is -0.378 e. The number of nitro benzene ring substituents is 1. The summed E-state index contributed by atoms with van der Waals surface area (Å²) in [7, 11) is 0. The number of halogens is 1. The molecule has 0 radical (unpaired) electrons. The molecule has 2 aliphatic rings. The van der Waals surface area contributed by atoms with Gasteiger partial charge in [0.1, 0.15) is 0 Å². The molecule has 2 aliphatic heterocycles. The fraction of sp³-hybridized carbons (Fsp3) is 0.167. The largest absolute Gasteiger partial charge is 0.378 e. The van der Waals surface area contributed by atoms with Gasteiger partial charge in [0.2, 0.25) is 11.5 Å². The molecular weight excluding hydrogens is 374 g/mol. The predicted molar refractivity (Wildman–Crippen MR) is 96.6 cm³/mol. The smallest absolute Gasteiger partial charge is 0.281 e. The van der Waals surface area contributed by atoms with Crippen LogP contribution in [0.25, 0.3) is 0 Å². The molecule has 136 valence electrons. The van der Waals surface area contributed by atoms with Crippen molar-refractivity contribution in [2.75, 3.05) is 4.90 Å². The second-order valence-electron chi connectivity index (χ2n) is 6.30. The summed E-state index contributed by atoms with van der Waals surface area (Å²) in [6.45, 7) is 0. The van der Waals surface area contributed by atoms with Crippen molar-refractivity contribution in [3.63, 3.8) is 0 Å². The van der Waals surface area contributed by atoms with Crippen molar-refractivity contribution in [1.82, 2.24) is 0 Å². The summed E-state index contributed by atoms with van der Waals surface area (Å²) in [5.41, 5.74) is -0.0110. The molecule has 0 bridgehead atoms. The Morgan fingerprint density at radius 1 is 1.15 bits per heavy atom. The first-order chi connectivity index (χ1) is 12.9. The van der Waals surface area contributed by atoms with E-state index in [0.29, 0.717) is 22.0 Å². The highest BCUT2D eigenvalue weighted by molar-refractivity contribution is 6.31. The summed E-state index contributed by atoms with van der Waals surface area (Å²) in [6.07, 6.45) is -0.0369. The van der Waals surface area contributed by atoms with Crippen LogP contribution in [0.5, 0.6) is 0 Å². The van der Waals surface area contributed by atoms with Crippen LogP contribution < -0.4 is 4.90 Å². The third kappa shape index (κ3) is 2.83. The van der Waals surface area contributed by atoms with E-state index < -0.39 is 22.3 Å². The van der Waals surface area contributed by atoms with E-state index in [-0.39, 0.29) is 18.5 Å². The number of anilines is 1. The molecule has 1 saturated heterocycles. The minimum absolute atomic E-state index is 0.0489. The first-order valence-electron chi connectivity index (χ1n) is 8.02. The van der Waals surface area contributed by atoms with E-state index in [0.717, 1.165) is 4.90 Å². The number of hydrogen-bond donors (Lipinski definition) is 0. The van der Waals surface area contributed by atoms with Crippen LogP contribution in [-0.4, -0.2) is 28.1 Å². The topological polar surface area (TPSA) is 102 Å². The van der Waals surface area contributed by atoms with Crippen LogP contribution in [0.1, 0.15) is 18.4 Å². The third-order valence-electron chi connectivity index (χ3n) is 4.54. The highest BCUT2D eigenvalue weighted by atomic mass is 35.5. The molecule has 1 spiro atoms. The lowest BCUT2D eigenvalue weighted by Crippen LogP contribution is -2.40. The number of nitro groups is 1. The van der Waals surface area contributed by atoms with Crippen molar-refractivity contribution in [2.24, 2.45) is 5.16 Å². The number of carbonyl (C=O) groups excluding carboxylic acids is 2. The van der Waals surface area contributed by atoms with Gasteiger partial charge in [-0.1, -0.05) is 22.8 Å². The summed E-state index contributed by atoms with van der Waals surface area (Å²) in [5, 5.41) is 15.1. The fourth-order valence-electron chi connectivity index (χ4n) is 3.21. The van der Waals surface area contributed by atoms with Crippen LogP contribution in [0.3, 0.4) is 0 Å². The molecule has 1 unspecified atom stereocenters. The van der Waals surface area contributed by atoms with Crippen LogP contribution in [0.4, 0.5) is 11.4 Å². The summed E-state index contributed by atoms with van der Waals surface area (Å²) >= 11 is 5.96. The van der Waals surface area contributed by atoms with Gasteiger partial charge in [0, 0.05) is 23.6 Å². The van der Waals surface area contributed by atoms with Gasteiger partial charge < -0.3 is 4.84 Å². The zero-order valence-corrected chi connectivity index (χ0v) is 14.5. The molecule has 27 heavy (non-hydrogen) atoms. The molecule has 0 saturated carbocycles. The lowest BCUT2D eigenvalue weighted by Gasteiger charge is -2.19. The number of imide groups is 1. The van der Waals surface area contributed by atoms with E-state index in [1.807, 2.05) is 0 Å². The minimum atomic E-state index is -1.39. The number of oxime groups is 1. The zero-order chi connectivity index (χ0) is 19.2.